The number of ether oxygens (including phenoxy) is 1. The summed E-state index contributed by atoms with van der Waals surface area (Å²) in [5.41, 5.74) is 4.33. The maximum Gasteiger partial charge on any atom is 0.345 e. The Balaban J connectivity index is 2.15. The largest absolute Gasteiger partial charge is 0.478 e. The molecule has 1 atom stereocenters. The maximum atomic E-state index is 11.4. The molecular formula is C18H20O3. The van der Waals surface area contributed by atoms with E-state index in [4.69, 9.17) is 4.74 Å². The summed E-state index contributed by atoms with van der Waals surface area (Å²) in [6, 6.07) is 13.5. The lowest BCUT2D eigenvalue weighted by molar-refractivity contribution is -0.145. The molecule has 0 saturated carbocycles. The first-order valence-electron chi connectivity index (χ1n) is 6.98. The van der Waals surface area contributed by atoms with Crippen LogP contribution in [-0.4, -0.2) is 17.2 Å². The number of benzene rings is 2. The van der Waals surface area contributed by atoms with E-state index in [-0.39, 0.29) is 0 Å². The first-order valence-corrected chi connectivity index (χ1v) is 6.98. The summed E-state index contributed by atoms with van der Waals surface area (Å²) in [5, 5.41) is 9.36. The normalized spacial score (nSPS) is 12.0. The lowest BCUT2D eigenvalue weighted by Crippen LogP contribution is -2.29. The van der Waals surface area contributed by atoms with Crippen molar-refractivity contribution in [3.63, 3.8) is 0 Å². The van der Waals surface area contributed by atoms with Crippen LogP contribution in [0.2, 0.25) is 0 Å². The number of carboxylic acid groups (broad SMARTS) is 1. The van der Waals surface area contributed by atoms with Crippen LogP contribution in [0.4, 0.5) is 0 Å². The second kappa shape index (κ2) is 6.44. The van der Waals surface area contributed by atoms with Gasteiger partial charge < -0.3 is 9.84 Å². The Labute approximate surface area is 125 Å². The van der Waals surface area contributed by atoms with Crippen LogP contribution in [0.1, 0.15) is 22.3 Å². The van der Waals surface area contributed by atoms with Gasteiger partial charge in [-0.05, 0) is 49.6 Å². The number of aryl methyl sites for hydroxylation is 3. The molecule has 1 N–H and O–H groups in total. The Kier molecular flexibility index (Phi) is 4.63. The fourth-order valence-electron chi connectivity index (χ4n) is 2.18. The minimum Gasteiger partial charge on any atom is -0.478 e. The summed E-state index contributed by atoms with van der Waals surface area (Å²) in [6.45, 7) is 5.99. The van der Waals surface area contributed by atoms with Crippen molar-refractivity contribution in [3.8, 4) is 5.75 Å². The van der Waals surface area contributed by atoms with E-state index in [9.17, 15) is 9.90 Å². The SMILES string of the molecule is Cc1cccc(C[C@H](Oc2ccc(C)c(C)c2)C(=O)O)c1. The van der Waals surface area contributed by atoms with E-state index >= 15 is 0 Å². The van der Waals surface area contributed by atoms with Gasteiger partial charge in [0, 0.05) is 6.42 Å². The average Bonchev–Trinajstić information content (AvgIpc) is 2.42. The van der Waals surface area contributed by atoms with Crippen LogP contribution in [0, 0.1) is 20.8 Å². The van der Waals surface area contributed by atoms with Crippen molar-refractivity contribution in [2.45, 2.75) is 33.3 Å². The van der Waals surface area contributed by atoms with Gasteiger partial charge in [-0.25, -0.2) is 4.79 Å². The van der Waals surface area contributed by atoms with Crippen molar-refractivity contribution in [2.75, 3.05) is 0 Å². The van der Waals surface area contributed by atoms with E-state index in [2.05, 4.69) is 0 Å². The minimum atomic E-state index is -0.949. The first kappa shape index (κ1) is 15.1. The second-order valence-electron chi connectivity index (χ2n) is 5.38. The van der Waals surface area contributed by atoms with Gasteiger partial charge in [-0.1, -0.05) is 35.9 Å². The van der Waals surface area contributed by atoms with Crippen molar-refractivity contribution in [1.82, 2.24) is 0 Å². The number of rotatable bonds is 5. The number of aliphatic carboxylic acids is 1. The zero-order valence-electron chi connectivity index (χ0n) is 12.6. The number of hydrogen-bond acceptors (Lipinski definition) is 2. The van der Waals surface area contributed by atoms with Crippen LogP contribution in [0.3, 0.4) is 0 Å². The van der Waals surface area contributed by atoms with E-state index in [1.54, 1.807) is 0 Å². The zero-order chi connectivity index (χ0) is 15.4. The average molecular weight is 284 g/mol. The van der Waals surface area contributed by atoms with Crippen LogP contribution in [-0.2, 0) is 11.2 Å². The van der Waals surface area contributed by atoms with E-state index in [0.717, 1.165) is 22.3 Å². The summed E-state index contributed by atoms with van der Waals surface area (Å²) in [7, 11) is 0. The molecule has 2 rings (SSSR count). The molecule has 0 aliphatic carbocycles. The highest BCUT2D eigenvalue weighted by Crippen LogP contribution is 2.19. The third kappa shape index (κ3) is 4.09. The molecule has 0 radical (unpaired) electrons. The Morgan fingerprint density at radius 3 is 2.48 bits per heavy atom. The summed E-state index contributed by atoms with van der Waals surface area (Å²) < 4.78 is 5.66. The molecule has 21 heavy (non-hydrogen) atoms. The smallest absolute Gasteiger partial charge is 0.345 e. The third-order valence-electron chi connectivity index (χ3n) is 3.54. The number of carbonyl (C=O) groups is 1. The molecule has 0 bridgehead atoms. The van der Waals surface area contributed by atoms with Crippen LogP contribution in [0.15, 0.2) is 42.5 Å². The Bertz CT molecular complexity index is 647. The molecule has 3 heteroatoms. The Morgan fingerprint density at radius 2 is 1.86 bits per heavy atom. The molecular weight excluding hydrogens is 264 g/mol. The molecule has 0 aliphatic rings. The fourth-order valence-corrected chi connectivity index (χ4v) is 2.18. The molecule has 0 amide bonds. The van der Waals surface area contributed by atoms with Crippen LogP contribution < -0.4 is 4.74 Å². The summed E-state index contributed by atoms with van der Waals surface area (Å²) >= 11 is 0. The summed E-state index contributed by atoms with van der Waals surface area (Å²) in [5.74, 6) is -0.354. The molecule has 2 aromatic rings. The lowest BCUT2D eigenvalue weighted by Gasteiger charge is -2.16. The zero-order valence-corrected chi connectivity index (χ0v) is 12.6. The van der Waals surface area contributed by atoms with Gasteiger partial charge in [0.05, 0.1) is 0 Å². The van der Waals surface area contributed by atoms with Crippen molar-refractivity contribution in [2.24, 2.45) is 0 Å². The van der Waals surface area contributed by atoms with Crippen molar-refractivity contribution in [1.29, 1.82) is 0 Å². The molecule has 0 aromatic heterocycles. The molecule has 110 valence electrons. The summed E-state index contributed by atoms with van der Waals surface area (Å²) in [4.78, 5) is 11.4. The van der Waals surface area contributed by atoms with Gasteiger partial charge >= 0.3 is 5.97 Å². The molecule has 0 saturated heterocycles. The van der Waals surface area contributed by atoms with E-state index in [1.165, 1.54) is 0 Å². The van der Waals surface area contributed by atoms with Crippen molar-refractivity contribution in [3.05, 3.63) is 64.7 Å². The van der Waals surface area contributed by atoms with Crippen molar-refractivity contribution < 1.29 is 14.6 Å². The number of carboxylic acids is 1. The first-order chi connectivity index (χ1) is 9.95. The van der Waals surface area contributed by atoms with Gasteiger partial charge in [0.1, 0.15) is 5.75 Å². The molecule has 2 aromatic carbocycles. The summed E-state index contributed by atoms with van der Waals surface area (Å²) in [6.07, 6.45) is -0.530. The van der Waals surface area contributed by atoms with Crippen molar-refractivity contribution >= 4 is 5.97 Å². The van der Waals surface area contributed by atoms with Gasteiger partial charge in [0.2, 0.25) is 0 Å². The molecule has 0 spiro atoms. The quantitative estimate of drug-likeness (QED) is 0.911. The maximum absolute atomic E-state index is 11.4. The van der Waals surface area contributed by atoms with Gasteiger partial charge in [-0.2, -0.15) is 0 Å². The van der Waals surface area contributed by atoms with E-state index in [0.29, 0.717) is 12.2 Å². The third-order valence-corrected chi connectivity index (χ3v) is 3.54. The van der Waals surface area contributed by atoms with Gasteiger partial charge in [0.15, 0.2) is 6.10 Å². The highest BCUT2D eigenvalue weighted by atomic mass is 16.5. The van der Waals surface area contributed by atoms with Crippen LogP contribution in [0.25, 0.3) is 0 Å². The Morgan fingerprint density at radius 1 is 1.10 bits per heavy atom. The van der Waals surface area contributed by atoms with Crippen LogP contribution in [0.5, 0.6) is 5.75 Å². The second-order valence-corrected chi connectivity index (χ2v) is 5.38. The highest BCUT2D eigenvalue weighted by molar-refractivity contribution is 5.73. The molecule has 3 nitrogen and oxygen atoms in total. The minimum absolute atomic E-state index is 0.351. The Hall–Kier alpha value is -2.29. The molecule has 0 unspecified atom stereocenters. The molecule has 0 aliphatic heterocycles. The predicted molar refractivity (Wildman–Crippen MR) is 82.9 cm³/mol. The number of hydrogen-bond donors (Lipinski definition) is 1. The standard InChI is InChI=1S/C18H20O3/c1-12-5-4-6-15(9-12)11-17(18(19)20)21-16-8-7-13(2)14(3)10-16/h4-10,17H,11H2,1-3H3,(H,19,20)/t17-/m0/s1. The molecule has 0 heterocycles. The topological polar surface area (TPSA) is 46.5 Å². The predicted octanol–water partition coefficient (Wildman–Crippen LogP) is 3.69. The monoisotopic (exact) mass is 284 g/mol. The van der Waals surface area contributed by atoms with E-state index < -0.39 is 12.1 Å². The van der Waals surface area contributed by atoms with Crippen LogP contribution >= 0.6 is 0 Å². The van der Waals surface area contributed by atoms with Gasteiger partial charge in [0.25, 0.3) is 0 Å². The molecule has 0 fully saturated rings. The van der Waals surface area contributed by atoms with Gasteiger partial charge in [-0.3, -0.25) is 0 Å². The van der Waals surface area contributed by atoms with E-state index in [1.807, 2.05) is 63.2 Å². The van der Waals surface area contributed by atoms with Gasteiger partial charge in [-0.15, -0.1) is 0 Å². The highest BCUT2D eigenvalue weighted by Gasteiger charge is 2.20. The lowest BCUT2D eigenvalue weighted by atomic mass is 10.1. The fraction of sp³-hybridized carbons (Fsp3) is 0.278.